The van der Waals surface area contributed by atoms with Crippen LogP contribution in [0.5, 0.6) is 0 Å². The Morgan fingerprint density at radius 2 is 2.00 bits per heavy atom. The zero-order chi connectivity index (χ0) is 11.7. The molecule has 3 heterocycles. The lowest BCUT2D eigenvalue weighted by molar-refractivity contribution is 0.429. The first-order valence-electron chi connectivity index (χ1n) is 4.75. The Bertz CT molecular complexity index is 630. The van der Waals surface area contributed by atoms with Crippen molar-refractivity contribution in [3.63, 3.8) is 0 Å². The van der Waals surface area contributed by atoms with Gasteiger partial charge in [-0.25, -0.2) is 0 Å². The summed E-state index contributed by atoms with van der Waals surface area (Å²) in [6.07, 6.45) is 3.30. The van der Waals surface area contributed by atoms with Crippen LogP contribution in [0.3, 0.4) is 0 Å². The second-order valence-electron chi connectivity index (χ2n) is 3.20. The van der Waals surface area contributed by atoms with Crippen LogP contribution in [0.4, 0.5) is 5.95 Å². The van der Waals surface area contributed by atoms with Gasteiger partial charge in [-0.2, -0.15) is 9.97 Å². The van der Waals surface area contributed by atoms with Crippen LogP contribution in [0.25, 0.3) is 23.1 Å². The molecule has 0 spiro atoms. The third-order valence-corrected chi connectivity index (χ3v) is 2.07. The molecule has 0 aromatic carbocycles. The third-order valence-electron chi connectivity index (χ3n) is 2.07. The molecule has 0 aliphatic heterocycles. The molecule has 3 aromatic heterocycles. The molecule has 3 N–H and O–H groups in total. The molecule has 0 saturated carbocycles. The average molecular weight is 229 g/mol. The van der Waals surface area contributed by atoms with Gasteiger partial charge in [0.2, 0.25) is 17.6 Å². The van der Waals surface area contributed by atoms with E-state index in [4.69, 9.17) is 10.3 Å². The first kappa shape index (κ1) is 9.46. The Morgan fingerprint density at radius 1 is 1.18 bits per heavy atom. The molecule has 0 radical (unpaired) electrons. The van der Waals surface area contributed by atoms with Crippen molar-refractivity contribution in [2.24, 2.45) is 0 Å². The standard InChI is InChI=1S/C9H7N7O/c10-9-13-7(14-15-9)8-12-6(16-17-8)5-1-3-11-4-2-5/h1-4H,(H3,10,13,14,15). The van der Waals surface area contributed by atoms with Crippen LogP contribution < -0.4 is 5.73 Å². The van der Waals surface area contributed by atoms with E-state index in [1.807, 2.05) is 0 Å². The summed E-state index contributed by atoms with van der Waals surface area (Å²) in [6, 6.07) is 3.56. The first-order valence-corrected chi connectivity index (χ1v) is 4.75. The number of pyridine rings is 1. The van der Waals surface area contributed by atoms with Gasteiger partial charge in [0.25, 0.3) is 5.89 Å². The highest BCUT2D eigenvalue weighted by atomic mass is 16.5. The van der Waals surface area contributed by atoms with Crippen molar-refractivity contribution in [2.45, 2.75) is 0 Å². The molecule has 8 heteroatoms. The number of nitrogens with two attached hydrogens (primary N) is 1. The van der Waals surface area contributed by atoms with E-state index in [0.29, 0.717) is 11.6 Å². The van der Waals surface area contributed by atoms with Crippen LogP contribution in [0.1, 0.15) is 0 Å². The summed E-state index contributed by atoms with van der Waals surface area (Å²) in [5.74, 6) is 1.16. The molecule has 0 saturated heterocycles. The van der Waals surface area contributed by atoms with Crippen LogP contribution in [-0.2, 0) is 0 Å². The fourth-order valence-corrected chi connectivity index (χ4v) is 1.31. The number of nitrogens with one attached hydrogen (secondary N) is 1. The number of hydrogen-bond acceptors (Lipinski definition) is 7. The van der Waals surface area contributed by atoms with E-state index in [1.54, 1.807) is 24.5 Å². The predicted molar refractivity (Wildman–Crippen MR) is 57.3 cm³/mol. The zero-order valence-electron chi connectivity index (χ0n) is 8.53. The topological polar surface area (TPSA) is 119 Å². The van der Waals surface area contributed by atoms with Gasteiger partial charge in [0, 0.05) is 18.0 Å². The van der Waals surface area contributed by atoms with E-state index in [0.717, 1.165) is 5.56 Å². The maximum atomic E-state index is 5.38. The van der Waals surface area contributed by atoms with Gasteiger partial charge >= 0.3 is 0 Å². The third kappa shape index (κ3) is 1.71. The predicted octanol–water partition coefficient (Wildman–Crippen LogP) is 0.499. The molecule has 0 bridgehead atoms. The second-order valence-corrected chi connectivity index (χ2v) is 3.20. The highest BCUT2D eigenvalue weighted by Crippen LogP contribution is 2.18. The van der Waals surface area contributed by atoms with Gasteiger partial charge in [-0.1, -0.05) is 5.16 Å². The summed E-state index contributed by atoms with van der Waals surface area (Å²) in [4.78, 5) is 12.0. The van der Waals surface area contributed by atoms with Crippen molar-refractivity contribution in [1.29, 1.82) is 0 Å². The van der Waals surface area contributed by atoms with Crippen LogP contribution >= 0.6 is 0 Å². The number of nitrogen functional groups attached to an aromatic ring is 1. The van der Waals surface area contributed by atoms with E-state index in [1.165, 1.54) is 0 Å². The molecule has 17 heavy (non-hydrogen) atoms. The van der Waals surface area contributed by atoms with Crippen molar-refractivity contribution < 1.29 is 4.52 Å². The molecule has 0 unspecified atom stereocenters. The summed E-state index contributed by atoms with van der Waals surface area (Å²) in [5, 5.41) is 10.1. The fraction of sp³-hybridized carbons (Fsp3) is 0. The van der Waals surface area contributed by atoms with Crippen LogP contribution in [-0.4, -0.2) is 30.3 Å². The average Bonchev–Trinajstić information content (AvgIpc) is 2.98. The van der Waals surface area contributed by atoms with Crippen molar-refractivity contribution in [3.8, 4) is 23.1 Å². The van der Waals surface area contributed by atoms with Crippen molar-refractivity contribution in [3.05, 3.63) is 24.5 Å². The Balaban J connectivity index is 1.99. The van der Waals surface area contributed by atoms with Crippen molar-refractivity contribution in [2.75, 3.05) is 5.73 Å². The summed E-state index contributed by atoms with van der Waals surface area (Å²) < 4.78 is 5.05. The van der Waals surface area contributed by atoms with Crippen LogP contribution in [0.15, 0.2) is 29.0 Å². The number of anilines is 1. The van der Waals surface area contributed by atoms with E-state index in [-0.39, 0.29) is 11.8 Å². The highest BCUT2D eigenvalue weighted by Gasteiger charge is 2.13. The number of nitrogens with zero attached hydrogens (tertiary/aromatic N) is 5. The van der Waals surface area contributed by atoms with Gasteiger partial charge in [0.05, 0.1) is 0 Å². The number of aromatic amines is 1. The second kappa shape index (κ2) is 3.67. The largest absolute Gasteiger partial charge is 0.366 e. The molecule has 3 aromatic rings. The smallest absolute Gasteiger partial charge is 0.295 e. The van der Waals surface area contributed by atoms with E-state index in [2.05, 4.69) is 30.3 Å². The summed E-state index contributed by atoms with van der Waals surface area (Å²) in [5.41, 5.74) is 6.19. The molecule has 84 valence electrons. The number of hydrogen-bond donors (Lipinski definition) is 2. The monoisotopic (exact) mass is 229 g/mol. The minimum Gasteiger partial charge on any atom is -0.366 e. The Labute approximate surface area is 94.9 Å². The Morgan fingerprint density at radius 3 is 2.71 bits per heavy atom. The lowest BCUT2D eigenvalue weighted by atomic mass is 10.2. The van der Waals surface area contributed by atoms with Crippen molar-refractivity contribution in [1.82, 2.24) is 30.3 Å². The van der Waals surface area contributed by atoms with Gasteiger partial charge in [0.15, 0.2) is 0 Å². The number of aromatic nitrogens is 6. The molecular formula is C9H7N7O. The minimum absolute atomic E-state index is 0.128. The van der Waals surface area contributed by atoms with Crippen LogP contribution in [0.2, 0.25) is 0 Å². The van der Waals surface area contributed by atoms with E-state index in [9.17, 15) is 0 Å². The fourth-order valence-electron chi connectivity index (χ4n) is 1.31. The van der Waals surface area contributed by atoms with Crippen molar-refractivity contribution >= 4 is 5.95 Å². The molecular weight excluding hydrogens is 222 g/mol. The SMILES string of the molecule is Nc1n[nH]c(-c2nc(-c3ccncc3)no2)n1. The maximum Gasteiger partial charge on any atom is 0.295 e. The summed E-state index contributed by atoms with van der Waals surface area (Å²) in [7, 11) is 0. The molecule has 8 nitrogen and oxygen atoms in total. The zero-order valence-corrected chi connectivity index (χ0v) is 8.53. The molecule has 0 aliphatic rings. The molecule has 3 rings (SSSR count). The van der Waals surface area contributed by atoms with Gasteiger partial charge in [-0.05, 0) is 12.1 Å². The summed E-state index contributed by atoms with van der Waals surface area (Å²) in [6.45, 7) is 0. The highest BCUT2D eigenvalue weighted by molar-refractivity contribution is 5.55. The number of rotatable bonds is 2. The molecule has 0 amide bonds. The van der Waals surface area contributed by atoms with E-state index < -0.39 is 0 Å². The Kier molecular flexibility index (Phi) is 2.04. The normalized spacial score (nSPS) is 10.6. The van der Waals surface area contributed by atoms with Gasteiger partial charge in [-0.3, -0.25) is 10.1 Å². The van der Waals surface area contributed by atoms with Gasteiger partial charge in [0.1, 0.15) is 0 Å². The van der Waals surface area contributed by atoms with E-state index >= 15 is 0 Å². The van der Waals surface area contributed by atoms with Crippen LogP contribution in [0, 0.1) is 0 Å². The first-order chi connectivity index (χ1) is 8.33. The number of H-pyrrole nitrogens is 1. The lowest BCUT2D eigenvalue weighted by Crippen LogP contribution is -1.85. The van der Waals surface area contributed by atoms with Gasteiger partial charge in [-0.15, -0.1) is 5.10 Å². The maximum absolute atomic E-state index is 5.38. The lowest BCUT2D eigenvalue weighted by Gasteiger charge is -1.89. The summed E-state index contributed by atoms with van der Waals surface area (Å²) >= 11 is 0. The molecule has 0 atom stereocenters. The Hall–Kier alpha value is -2.77. The molecule has 0 fully saturated rings. The van der Waals surface area contributed by atoms with Gasteiger partial charge < -0.3 is 10.3 Å². The quantitative estimate of drug-likeness (QED) is 0.656. The molecule has 0 aliphatic carbocycles. The minimum atomic E-state index is 0.128.